The van der Waals surface area contributed by atoms with Crippen LogP contribution in [0.5, 0.6) is 0 Å². The van der Waals surface area contributed by atoms with Gasteiger partial charge in [-0.2, -0.15) is 0 Å². The molecule has 0 bridgehead atoms. The molecule has 0 heterocycles. The zero-order valence-electron chi connectivity index (χ0n) is 39.6. The quantitative estimate of drug-likeness (QED) is 0.0466. The molecule has 346 valence electrons. The van der Waals surface area contributed by atoms with Crippen molar-refractivity contribution in [2.45, 2.75) is 297 Å². The highest BCUT2D eigenvalue weighted by Gasteiger charge is 2.20. The van der Waals surface area contributed by atoms with Gasteiger partial charge in [0, 0.05) is 32.0 Å². The maximum absolute atomic E-state index is 12.9. The molecule has 0 aliphatic rings. The summed E-state index contributed by atoms with van der Waals surface area (Å²) in [5.74, 6) is -0.0657. The average Bonchev–Trinajstić information content (AvgIpc) is 3.21. The summed E-state index contributed by atoms with van der Waals surface area (Å²) in [6, 6.07) is 0.411. The first-order valence-corrected chi connectivity index (χ1v) is 25.8. The summed E-state index contributed by atoms with van der Waals surface area (Å²) in [5.41, 5.74) is 0. The van der Waals surface area contributed by atoms with Gasteiger partial charge in [-0.1, -0.05) is 163 Å². The molecule has 0 saturated carbocycles. The number of ether oxygens (including phenoxy) is 2. The van der Waals surface area contributed by atoms with Crippen molar-refractivity contribution in [2.75, 3.05) is 19.7 Å². The van der Waals surface area contributed by atoms with Crippen LogP contribution in [0.4, 0.5) is 0 Å². The lowest BCUT2D eigenvalue weighted by atomic mass is 10.0. The van der Waals surface area contributed by atoms with Crippen LogP contribution in [0.15, 0.2) is 0 Å². The molecule has 7 nitrogen and oxygen atoms in total. The number of hydrogen-bond donors (Lipinski definition) is 2. The fourth-order valence-corrected chi connectivity index (χ4v) is 8.42. The number of carbonyl (C=O) groups is 2. The second kappa shape index (κ2) is 43.9. The highest BCUT2D eigenvalue weighted by Crippen LogP contribution is 2.20. The van der Waals surface area contributed by atoms with Crippen LogP contribution in [-0.4, -0.2) is 71.1 Å². The van der Waals surface area contributed by atoms with E-state index in [0.717, 1.165) is 122 Å². The molecule has 0 aromatic heterocycles. The third kappa shape index (κ3) is 36.7. The van der Waals surface area contributed by atoms with Crippen LogP contribution in [0.1, 0.15) is 272 Å². The standard InChI is InChI=1S/C51H101NO6/c1-6-11-14-17-21-28-38-48(10-5)57-50(55)42-32-26-27-37-47(54)45-52(46(9-4)36-33-35-44-53)43-34-25-20-24-31-41-51(56)58-49(39-29-22-18-15-12-7-2)40-30-23-19-16-13-8-3/h46-49,53-54H,6-45H2,1-5H3/t46?,47-,48?/m1/s1. The van der Waals surface area contributed by atoms with Crippen molar-refractivity contribution in [1.29, 1.82) is 0 Å². The van der Waals surface area contributed by atoms with E-state index in [1.807, 2.05) is 0 Å². The molecular weight excluding hydrogens is 723 g/mol. The van der Waals surface area contributed by atoms with Crippen molar-refractivity contribution in [2.24, 2.45) is 0 Å². The van der Waals surface area contributed by atoms with Crippen LogP contribution in [0.25, 0.3) is 0 Å². The van der Waals surface area contributed by atoms with E-state index in [0.29, 0.717) is 25.4 Å². The lowest BCUT2D eigenvalue weighted by Gasteiger charge is -2.33. The largest absolute Gasteiger partial charge is 0.462 e. The van der Waals surface area contributed by atoms with Crippen molar-refractivity contribution < 1.29 is 29.3 Å². The van der Waals surface area contributed by atoms with E-state index in [1.165, 1.54) is 109 Å². The summed E-state index contributed by atoms with van der Waals surface area (Å²) in [5, 5.41) is 20.5. The first-order chi connectivity index (χ1) is 28.3. The molecule has 58 heavy (non-hydrogen) atoms. The second-order valence-corrected chi connectivity index (χ2v) is 17.8. The Labute approximate surface area is 361 Å². The number of carbonyl (C=O) groups excluding carboxylic acids is 2. The van der Waals surface area contributed by atoms with Crippen LogP contribution < -0.4 is 0 Å². The molecule has 0 fully saturated rings. The Morgan fingerprint density at radius 3 is 1.33 bits per heavy atom. The lowest BCUT2D eigenvalue weighted by molar-refractivity contribution is -0.150. The van der Waals surface area contributed by atoms with Gasteiger partial charge in [0.2, 0.25) is 0 Å². The van der Waals surface area contributed by atoms with Crippen LogP contribution in [0.2, 0.25) is 0 Å². The number of aliphatic hydroxyl groups is 2. The predicted octanol–water partition coefficient (Wildman–Crippen LogP) is 14.4. The van der Waals surface area contributed by atoms with Crippen molar-refractivity contribution >= 4 is 11.9 Å². The average molecular weight is 824 g/mol. The number of hydrogen-bond acceptors (Lipinski definition) is 7. The first kappa shape index (κ1) is 56.8. The van der Waals surface area contributed by atoms with Gasteiger partial charge in [-0.25, -0.2) is 0 Å². The van der Waals surface area contributed by atoms with Gasteiger partial charge in [-0.15, -0.1) is 0 Å². The van der Waals surface area contributed by atoms with Crippen LogP contribution in [0.3, 0.4) is 0 Å². The molecule has 3 atom stereocenters. The maximum Gasteiger partial charge on any atom is 0.306 e. The zero-order valence-corrected chi connectivity index (χ0v) is 39.6. The van der Waals surface area contributed by atoms with Gasteiger partial charge in [0.15, 0.2) is 0 Å². The molecule has 0 aliphatic carbocycles. The number of rotatable bonds is 46. The smallest absolute Gasteiger partial charge is 0.306 e. The summed E-state index contributed by atoms with van der Waals surface area (Å²) in [7, 11) is 0. The van der Waals surface area contributed by atoms with Crippen molar-refractivity contribution in [3.8, 4) is 0 Å². The van der Waals surface area contributed by atoms with E-state index in [9.17, 15) is 19.8 Å². The fraction of sp³-hybridized carbons (Fsp3) is 0.961. The normalized spacial score (nSPS) is 13.3. The second-order valence-electron chi connectivity index (χ2n) is 17.8. The van der Waals surface area contributed by atoms with Crippen LogP contribution >= 0.6 is 0 Å². The predicted molar refractivity (Wildman–Crippen MR) is 247 cm³/mol. The Morgan fingerprint density at radius 1 is 0.448 bits per heavy atom. The first-order valence-electron chi connectivity index (χ1n) is 25.8. The molecule has 2 unspecified atom stereocenters. The minimum atomic E-state index is -0.377. The highest BCUT2D eigenvalue weighted by molar-refractivity contribution is 5.69. The van der Waals surface area contributed by atoms with Crippen molar-refractivity contribution in [3.05, 3.63) is 0 Å². The van der Waals surface area contributed by atoms with Gasteiger partial charge >= 0.3 is 11.9 Å². The molecule has 0 rings (SSSR count). The summed E-state index contributed by atoms with van der Waals surface area (Å²) < 4.78 is 11.9. The SMILES string of the molecule is CCCCCCCCC(CC)OC(=O)CCCCC[C@@H](O)CN(CCCCCCCC(=O)OC(CCCCCCCC)CCCCCCCC)C(CC)CCCCO. The number of aliphatic hydroxyl groups excluding tert-OH is 2. The fourth-order valence-electron chi connectivity index (χ4n) is 8.42. The summed E-state index contributed by atoms with van der Waals surface area (Å²) in [4.78, 5) is 27.9. The van der Waals surface area contributed by atoms with Crippen LogP contribution in [-0.2, 0) is 19.1 Å². The van der Waals surface area contributed by atoms with E-state index < -0.39 is 0 Å². The number of esters is 2. The topological polar surface area (TPSA) is 96.3 Å². The minimum Gasteiger partial charge on any atom is -0.462 e. The monoisotopic (exact) mass is 824 g/mol. The summed E-state index contributed by atoms with van der Waals surface area (Å²) >= 11 is 0. The highest BCUT2D eigenvalue weighted by atomic mass is 16.5. The Balaban J connectivity index is 4.59. The maximum atomic E-state index is 12.9. The number of unbranched alkanes of at least 4 members (excludes halogenated alkanes) is 22. The Bertz CT molecular complexity index is 854. The molecular formula is C51H101NO6. The molecule has 7 heteroatoms. The Kier molecular flexibility index (Phi) is 43.0. The summed E-state index contributed by atoms with van der Waals surface area (Å²) in [6.45, 7) is 13.0. The molecule has 0 saturated heterocycles. The lowest BCUT2D eigenvalue weighted by Crippen LogP contribution is -2.41. The van der Waals surface area contributed by atoms with Gasteiger partial charge in [-0.05, 0) is 103 Å². The van der Waals surface area contributed by atoms with Crippen molar-refractivity contribution in [1.82, 2.24) is 4.90 Å². The van der Waals surface area contributed by atoms with E-state index in [2.05, 4.69) is 39.5 Å². The van der Waals surface area contributed by atoms with Crippen molar-refractivity contribution in [3.63, 3.8) is 0 Å². The molecule has 0 amide bonds. The third-order valence-electron chi connectivity index (χ3n) is 12.3. The van der Waals surface area contributed by atoms with Crippen LogP contribution in [0, 0.1) is 0 Å². The summed E-state index contributed by atoms with van der Waals surface area (Å²) in [6.07, 6.45) is 40.1. The Morgan fingerprint density at radius 2 is 0.845 bits per heavy atom. The van der Waals surface area contributed by atoms with E-state index in [-0.39, 0.29) is 36.9 Å². The molecule has 0 aromatic carbocycles. The van der Waals surface area contributed by atoms with E-state index >= 15 is 0 Å². The van der Waals surface area contributed by atoms with Gasteiger partial charge < -0.3 is 19.7 Å². The molecule has 0 spiro atoms. The van der Waals surface area contributed by atoms with E-state index in [4.69, 9.17) is 9.47 Å². The van der Waals surface area contributed by atoms with Gasteiger partial charge in [0.05, 0.1) is 6.10 Å². The molecule has 0 aromatic rings. The molecule has 2 N–H and O–H groups in total. The van der Waals surface area contributed by atoms with E-state index in [1.54, 1.807) is 0 Å². The minimum absolute atomic E-state index is 0.000312. The third-order valence-corrected chi connectivity index (χ3v) is 12.3. The van der Waals surface area contributed by atoms with Gasteiger partial charge in [0.1, 0.15) is 12.2 Å². The van der Waals surface area contributed by atoms with Gasteiger partial charge in [0.25, 0.3) is 0 Å². The molecule has 0 radical (unpaired) electrons. The molecule has 0 aliphatic heterocycles. The van der Waals surface area contributed by atoms with Gasteiger partial charge in [-0.3, -0.25) is 14.5 Å². The zero-order chi connectivity index (χ0) is 42.7. The number of nitrogens with zero attached hydrogens (tertiary/aromatic N) is 1. The Hall–Kier alpha value is -1.18.